The van der Waals surface area contributed by atoms with Gasteiger partial charge in [0.15, 0.2) is 0 Å². The summed E-state index contributed by atoms with van der Waals surface area (Å²) in [6.07, 6.45) is 0.951. The lowest BCUT2D eigenvalue weighted by Crippen LogP contribution is -2.56. The van der Waals surface area contributed by atoms with Crippen LogP contribution < -0.4 is 10.5 Å². The van der Waals surface area contributed by atoms with Crippen molar-refractivity contribution in [2.75, 3.05) is 26.3 Å². The fourth-order valence-corrected chi connectivity index (χ4v) is 3.67. The molecule has 1 amide bonds. The number of morpholine rings is 1. The number of hydrogen-bond acceptors (Lipinski definition) is 5. The van der Waals surface area contributed by atoms with Crippen molar-refractivity contribution in [1.29, 1.82) is 0 Å². The second kappa shape index (κ2) is 8.94. The van der Waals surface area contributed by atoms with Crippen molar-refractivity contribution in [3.63, 3.8) is 0 Å². The number of carbonyl (C=O) groups is 1. The molecule has 28 heavy (non-hydrogen) atoms. The molecule has 2 heterocycles. The van der Waals surface area contributed by atoms with Gasteiger partial charge in [-0.25, -0.2) is 4.98 Å². The minimum atomic E-state index is -0.801. The number of carbonyl (C=O) groups excluding carboxylic acids is 1. The molecule has 1 aliphatic heterocycles. The molecule has 0 aliphatic carbocycles. The third-order valence-electron chi connectivity index (χ3n) is 4.86. The summed E-state index contributed by atoms with van der Waals surface area (Å²) in [6, 6.07) is 7.16. The predicted octanol–water partition coefficient (Wildman–Crippen LogP) is 2.46. The summed E-state index contributed by atoms with van der Waals surface area (Å²) >= 11 is 6.02. The Morgan fingerprint density at radius 3 is 3.00 bits per heavy atom. The number of aryl methyl sites for hydroxylation is 2. The number of H-pyrrole nitrogens is 1. The number of imidazole rings is 1. The lowest BCUT2D eigenvalue weighted by molar-refractivity contribution is -0.148. The number of hydrogen-bond donors (Lipinski definition) is 2. The highest BCUT2D eigenvalue weighted by atomic mass is 35.5. The van der Waals surface area contributed by atoms with Gasteiger partial charge in [-0.1, -0.05) is 24.6 Å². The van der Waals surface area contributed by atoms with Gasteiger partial charge in [-0.15, -0.1) is 0 Å². The first kappa shape index (κ1) is 20.6. The Kier molecular flexibility index (Phi) is 6.59. The lowest BCUT2D eigenvalue weighted by atomic mass is 9.97. The van der Waals surface area contributed by atoms with Crippen LogP contribution in [-0.2, 0) is 22.5 Å². The van der Waals surface area contributed by atoms with Crippen molar-refractivity contribution < 1.29 is 14.3 Å². The molecule has 1 atom stereocenters. The Hall–Kier alpha value is -2.09. The molecule has 0 spiro atoms. The minimum absolute atomic E-state index is 0.0871. The van der Waals surface area contributed by atoms with Gasteiger partial charge >= 0.3 is 0 Å². The van der Waals surface area contributed by atoms with E-state index < -0.39 is 11.5 Å². The largest absolute Gasteiger partial charge is 0.490 e. The van der Waals surface area contributed by atoms with Crippen LogP contribution in [0, 0.1) is 6.92 Å². The van der Waals surface area contributed by atoms with E-state index in [2.05, 4.69) is 21.8 Å². The second-order valence-corrected chi connectivity index (χ2v) is 7.68. The molecule has 0 bridgehead atoms. The average Bonchev–Trinajstić information content (AvgIpc) is 3.00. The Morgan fingerprint density at radius 2 is 2.32 bits per heavy atom. The van der Waals surface area contributed by atoms with E-state index in [0.29, 0.717) is 30.5 Å². The molecule has 1 aliphatic rings. The Labute approximate surface area is 170 Å². The summed E-state index contributed by atoms with van der Waals surface area (Å²) in [7, 11) is 0. The molecule has 8 heteroatoms. The molecule has 152 valence electrons. The zero-order valence-corrected chi connectivity index (χ0v) is 17.1. The van der Waals surface area contributed by atoms with Crippen molar-refractivity contribution >= 4 is 17.5 Å². The van der Waals surface area contributed by atoms with E-state index >= 15 is 0 Å². The topological polar surface area (TPSA) is 93.5 Å². The summed E-state index contributed by atoms with van der Waals surface area (Å²) in [6.45, 7) is 6.78. The highest BCUT2D eigenvalue weighted by molar-refractivity contribution is 6.30. The molecule has 3 N–H and O–H groups in total. The minimum Gasteiger partial charge on any atom is -0.490 e. The van der Waals surface area contributed by atoms with E-state index in [-0.39, 0.29) is 13.0 Å². The summed E-state index contributed by atoms with van der Waals surface area (Å²) in [5.74, 6) is 1.20. The molecule has 0 unspecified atom stereocenters. The summed E-state index contributed by atoms with van der Waals surface area (Å²) in [5.41, 5.74) is 6.80. The van der Waals surface area contributed by atoms with E-state index in [1.807, 2.05) is 19.1 Å². The van der Waals surface area contributed by atoms with Crippen LogP contribution >= 0.6 is 11.6 Å². The quantitative estimate of drug-likeness (QED) is 0.702. The van der Waals surface area contributed by atoms with Gasteiger partial charge in [0.2, 0.25) is 5.91 Å². The van der Waals surface area contributed by atoms with E-state index in [4.69, 9.17) is 26.8 Å². The molecule has 1 saturated heterocycles. The molecule has 7 nitrogen and oxygen atoms in total. The van der Waals surface area contributed by atoms with Crippen LogP contribution in [0.25, 0.3) is 0 Å². The second-order valence-electron chi connectivity index (χ2n) is 7.24. The third kappa shape index (κ3) is 5.25. The number of aromatic amines is 1. The smallest absolute Gasteiger partial charge is 0.220 e. The van der Waals surface area contributed by atoms with Gasteiger partial charge in [-0.3, -0.25) is 9.69 Å². The zero-order valence-electron chi connectivity index (χ0n) is 16.3. The summed E-state index contributed by atoms with van der Waals surface area (Å²) < 4.78 is 11.9. The van der Waals surface area contributed by atoms with Crippen molar-refractivity contribution in [3.05, 3.63) is 46.5 Å². The molecule has 0 saturated carbocycles. The van der Waals surface area contributed by atoms with Gasteiger partial charge < -0.3 is 20.2 Å². The van der Waals surface area contributed by atoms with Gasteiger partial charge in [0.1, 0.15) is 23.8 Å². The van der Waals surface area contributed by atoms with Crippen molar-refractivity contribution in [2.24, 2.45) is 5.73 Å². The third-order valence-corrected chi connectivity index (χ3v) is 5.10. The van der Waals surface area contributed by atoms with Gasteiger partial charge in [-0.2, -0.15) is 0 Å². The number of nitrogens with one attached hydrogen (secondary N) is 1. The van der Waals surface area contributed by atoms with Crippen molar-refractivity contribution in [3.8, 4) is 5.75 Å². The first-order chi connectivity index (χ1) is 13.4. The van der Waals surface area contributed by atoms with Gasteiger partial charge in [0.25, 0.3) is 0 Å². The van der Waals surface area contributed by atoms with E-state index in [0.717, 1.165) is 30.2 Å². The Balaban J connectivity index is 1.72. The average molecular weight is 407 g/mol. The number of nitrogens with two attached hydrogens (primary N) is 1. The molecule has 1 aromatic carbocycles. The maximum absolute atomic E-state index is 11.7. The van der Waals surface area contributed by atoms with Gasteiger partial charge in [-0.05, 0) is 25.1 Å². The van der Waals surface area contributed by atoms with Crippen molar-refractivity contribution in [1.82, 2.24) is 14.9 Å². The predicted molar refractivity (Wildman–Crippen MR) is 107 cm³/mol. The molecular weight excluding hydrogens is 380 g/mol. The van der Waals surface area contributed by atoms with Crippen LogP contribution in [0.5, 0.6) is 5.75 Å². The molecule has 1 fully saturated rings. The Bertz CT molecular complexity index is 826. The Morgan fingerprint density at radius 1 is 1.50 bits per heavy atom. The molecular formula is C20H27ClN4O3. The number of rotatable bonds is 8. The van der Waals surface area contributed by atoms with Crippen LogP contribution in [0.3, 0.4) is 0 Å². The van der Waals surface area contributed by atoms with Gasteiger partial charge in [0, 0.05) is 36.8 Å². The highest BCUT2D eigenvalue weighted by Gasteiger charge is 2.39. The molecule has 3 rings (SSSR count). The monoisotopic (exact) mass is 406 g/mol. The van der Waals surface area contributed by atoms with Crippen LogP contribution in [0.15, 0.2) is 24.3 Å². The number of nitrogens with zero attached hydrogens (tertiary/aromatic N) is 2. The van der Waals surface area contributed by atoms with E-state index in [9.17, 15) is 4.79 Å². The number of ether oxygens (including phenoxy) is 2. The van der Waals surface area contributed by atoms with Crippen LogP contribution in [0.1, 0.15) is 30.6 Å². The fourth-order valence-electron chi connectivity index (χ4n) is 3.49. The number of primary amides is 1. The maximum Gasteiger partial charge on any atom is 0.220 e. The standard InChI is InChI=1S/C20H27ClN4O3/c1-3-19-23-14(2)17(24-19)11-25-7-8-28-20(12-25,10-18(22)26)13-27-16-6-4-5-15(21)9-16/h4-6,9H,3,7-8,10-13H2,1-2H3,(H2,22,26)(H,23,24)/t20-/m0/s1. The fraction of sp³-hybridized carbons (Fsp3) is 0.500. The molecule has 1 aromatic heterocycles. The van der Waals surface area contributed by atoms with Gasteiger partial charge in [0.05, 0.1) is 18.7 Å². The van der Waals surface area contributed by atoms with E-state index in [1.165, 1.54) is 0 Å². The number of amides is 1. The zero-order chi connectivity index (χ0) is 20.1. The maximum atomic E-state index is 11.7. The molecule has 2 aromatic rings. The van der Waals surface area contributed by atoms with Crippen LogP contribution in [0.4, 0.5) is 0 Å². The lowest BCUT2D eigenvalue weighted by Gasteiger charge is -2.41. The first-order valence-corrected chi connectivity index (χ1v) is 9.84. The van der Waals surface area contributed by atoms with Crippen LogP contribution in [0.2, 0.25) is 5.02 Å². The first-order valence-electron chi connectivity index (χ1n) is 9.46. The van der Waals surface area contributed by atoms with Crippen molar-refractivity contribution in [2.45, 2.75) is 38.8 Å². The van der Waals surface area contributed by atoms with E-state index in [1.54, 1.807) is 12.1 Å². The van der Waals surface area contributed by atoms with Crippen LogP contribution in [-0.4, -0.2) is 52.7 Å². The normalized spacial score (nSPS) is 20.2. The number of halogens is 1. The SMILES string of the molecule is CCc1nc(CN2CCO[C@@](COc3cccc(Cl)c3)(CC(N)=O)C2)c(C)[nH]1. The summed E-state index contributed by atoms with van der Waals surface area (Å²) in [4.78, 5) is 21.9. The molecule has 0 radical (unpaired) electrons. The summed E-state index contributed by atoms with van der Waals surface area (Å²) in [5, 5.41) is 0.591. The highest BCUT2D eigenvalue weighted by Crippen LogP contribution is 2.26. The number of benzene rings is 1. The number of aromatic nitrogens is 2.